The van der Waals surface area contributed by atoms with Crippen molar-refractivity contribution in [3.05, 3.63) is 59.4 Å². The average molecular weight is 483 g/mol. The van der Waals surface area contributed by atoms with Crippen LogP contribution in [0.1, 0.15) is 18.4 Å². The fraction of sp³-hybridized carbons (Fsp3) is 0.261. The van der Waals surface area contributed by atoms with E-state index in [1.165, 1.54) is 0 Å². The fourth-order valence-electron chi connectivity index (χ4n) is 3.34. The number of rotatable bonds is 9. The molecule has 2 aromatic heterocycles. The number of ether oxygens (including phenoxy) is 4. The molecule has 33 heavy (non-hydrogen) atoms. The summed E-state index contributed by atoms with van der Waals surface area (Å²) in [6, 6.07) is 13.4. The summed E-state index contributed by atoms with van der Waals surface area (Å²) in [4.78, 5) is 4.78. The van der Waals surface area contributed by atoms with E-state index in [9.17, 15) is 0 Å². The Kier molecular flexibility index (Phi) is 6.36. The molecule has 0 amide bonds. The van der Waals surface area contributed by atoms with E-state index in [1.54, 1.807) is 30.2 Å². The second kappa shape index (κ2) is 9.72. The smallest absolute Gasteiger partial charge is 0.231 e. The van der Waals surface area contributed by atoms with Gasteiger partial charge in [0.15, 0.2) is 22.5 Å². The van der Waals surface area contributed by atoms with Gasteiger partial charge in [0, 0.05) is 23.2 Å². The van der Waals surface area contributed by atoms with Gasteiger partial charge in [-0.1, -0.05) is 11.8 Å². The van der Waals surface area contributed by atoms with E-state index in [2.05, 4.69) is 27.1 Å². The third-order valence-electron chi connectivity index (χ3n) is 5.06. The van der Waals surface area contributed by atoms with Crippen molar-refractivity contribution in [2.45, 2.75) is 31.0 Å². The summed E-state index contributed by atoms with van der Waals surface area (Å²) in [5, 5.41) is 12.6. The minimum atomic E-state index is 0.268. The number of thioether (sulfide) groups is 1. The second-order valence-corrected chi connectivity index (χ2v) is 8.91. The number of methoxy groups -OCH3 is 1. The standard InChI is InChI=1S/C23H22N4O4S2/c1-3-27-21(11-29-18-7-5-17(28-2)6-8-18)25-26-23(27)33-13-16-12-32-22(24-16)15-4-9-19-20(10-15)31-14-30-19/h4-10,12H,3,11,13-14H2,1-2H3. The van der Waals surface area contributed by atoms with Gasteiger partial charge in [-0.15, -0.1) is 21.5 Å². The van der Waals surface area contributed by atoms with Crippen molar-refractivity contribution >= 4 is 23.1 Å². The number of aromatic nitrogens is 4. The molecule has 0 bridgehead atoms. The van der Waals surface area contributed by atoms with Crippen LogP contribution in [0.5, 0.6) is 23.0 Å². The molecule has 4 aromatic rings. The Bertz CT molecular complexity index is 1240. The molecule has 0 N–H and O–H groups in total. The second-order valence-electron chi connectivity index (χ2n) is 7.11. The van der Waals surface area contributed by atoms with E-state index in [0.717, 1.165) is 56.8 Å². The molecule has 3 heterocycles. The molecule has 0 saturated heterocycles. The average Bonchev–Trinajstić information content (AvgIpc) is 3.60. The highest BCUT2D eigenvalue weighted by Crippen LogP contribution is 2.37. The van der Waals surface area contributed by atoms with Gasteiger partial charge in [-0.05, 0) is 49.4 Å². The Labute approximate surface area is 199 Å². The number of nitrogens with zero attached hydrogens (tertiary/aromatic N) is 4. The summed E-state index contributed by atoms with van der Waals surface area (Å²) in [6.07, 6.45) is 0. The maximum atomic E-state index is 5.88. The minimum absolute atomic E-state index is 0.268. The van der Waals surface area contributed by atoms with E-state index in [4.69, 9.17) is 23.9 Å². The maximum Gasteiger partial charge on any atom is 0.231 e. The summed E-state index contributed by atoms with van der Waals surface area (Å²) in [5.41, 5.74) is 2.02. The molecule has 170 valence electrons. The Morgan fingerprint density at radius 3 is 2.70 bits per heavy atom. The summed E-state index contributed by atoms with van der Waals surface area (Å²) in [5.74, 6) is 4.58. The molecule has 8 nitrogen and oxygen atoms in total. The normalized spacial score (nSPS) is 12.2. The SMILES string of the molecule is CCn1c(COc2ccc(OC)cc2)nnc1SCc1csc(-c2ccc3c(c2)OCO3)n1. The lowest BCUT2D eigenvalue weighted by Crippen LogP contribution is -2.07. The molecule has 0 fully saturated rings. The first-order valence-corrected chi connectivity index (χ1v) is 12.3. The molecule has 10 heteroatoms. The van der Waals surface area contributed by atoms with E-state index >= 15 is 0 Å². The van der Waals surface area contributed by atoms with Gasteiger partial charge in [-0.2, -0.15) is 0 Å². The van der Waals surface area contributed by atoms with E-state index < -0.39 is 0 Å². The highest BCUT2D eigenvalue weighted by Gasteiger charge is 2.16. The van der Waals surface area contributed by atoms with E-state index in [0.29, 0.717) is 12.4 Å². The first-order valence-electron chi connectivity index (χ1n) is 10.4. The molecule has 0 saturated carbocycles. The van der Waals surface area contributed by atoms with Crippen LogP contribution in [0.4, 0.5) is 0 Å². The zero-order valence-electron chi connectivity index (χ0n) is 18.2. The first-order chi connectivity index (χ1) is 16.2. The monoisotopic (exact) mass is 482 g/mol. The molecule has 0 radical (unpaired) electrons. The molecule has 0 aliphatic carbocycles. The van der Waals surface area contributed by atoms with Crippen molar-refractivity contribution in [3.63, 3.8) is 0 Å². The molecule has 1 aliphatic heterocycles. The van der Waals surface area contributed by atoms with E-state index in [1.807, 2.05) is 42.5 Å². The summed E-state index contributed by atoms with van der Waals surface area (Å²) < 4.78 is 24.0. The number of thiazole rings is 1. The van der Waals surface area contributed by atoms with Crippen molar-refractivity contribution < 1.29 is 18.9 Å². The van der Waals surface area contributed by atoms with Crippen LogP contribution in [0.2, 0.25) is 0 Å². The topological polar surface area (TPSA) is 80.5 Å². The molecular weight excluding hydrogens is 460 g/mol. The summed E-state index contributed by atoms with van der Waals surface area (Å²) in [6.45, 7) is 3.45. The first kappa shape index (κ1) is 21.6. The third kappa shape index (κ3) is 4.76. The quantitative estimate of drug-likeness (QED) is 0.307. The Hall–Kier alpha value is -3.24. The molecular formula is C23H22N4O4S2. The van der Waals surface area contributed by atoms with Crippen molar-refractivity contribution in [2.24, 2.45) is 0 Å². The Balaban J connectivity index is 1.21. The van der Waals surface area contributed by atoms with Gasteiger partial charge in [0.2, 0.25) is 6.79 Å². The van der Waals surface area contributed by atoms with Crippen molar-refractivity contribution in [1.82, 2.24) is 19.7 Å². The predicted molar refractivity (Wildman–Crippen MR) is 126 cm³/mol. The van der Waals surface area contributed by atoms with Gasteiger partial charge in [0.25, 0.3) is 0 Å². The summed E-state index contributed by atoms with van der Waals surface area (Å²) in [7, 11) is 1.64. The van der Waals surface area contributed by atoms with Gasteiger partial charge < -0.3 is 23.5 Å². The van der Waals surface area contributed by atoms with Gasteiger partial charge in [-0.25, -0.2) is 4.98 Å². The largest absolute Gasteiger partial charge is 0.497 e. The van der Waals surface area contributed by atoms with Crippen LogP contribution in [0.25, 0.3) is 10.6 Å². The van der Waals surface area contributed by atoms with Crippen LogP contribution < -0.4 is 18.9 Å². The van der Waals surface area contributed by atoms with Gasteiger partial charge in [-0.3, -0.25) is 0 Å². The molecule has 2 aromatic carbocycles. The predicted octanol–water partition coefficient (Wildman–Crippen LogP) is 5.03. The van der Waals surface area contributed by atoms with Crippen LogP contribution in [-0.4, -0.2) is 33.7 Å². The van der Waals surface area contributed by atoms with Gasteiger partial charge in [0.05, 0.1) is 12.8 Å². The van der Waals surface area contributed by atoms with Crippen molar-refractivity contribution in [1.29, 1.82) is 0 Å². The van der Waals surface area contributed by atoms with Crippen molar-refractivity contribution in [3.8, 4) is 33.6 Å². The van der Waals surface area contributed by atoms with E-state index in [-0.39, 0.29) is 6.79 Å². The zero-order valence-corrected chi connectivity index (χ0v) is 19.8. The number of hydrogen-bond donors (Lipinski definition) is 0. The molecule has 0 unspecified atom stereocenters. The number of benzene rings is 2. The summed E-state index contributed by atoms with van der Waals surface area (Å²) >= 11 is 3.23. The van der Waals surface area contributed by atoms with Crippen LogP contribution in [0.15, 0.2) is 53.0 Å². The molecule has 0 spiro atoms. The van der Waals surface area contributed by atoms with Crippen LogP contribution >= 0.6 is 23.1 Å². The molecule has 5 rings (SSSR count). The number of fused-ring (bicyclic) bond motifs is 1. The van der Waals surface area contributed by atoms with Crippen LogP contribution in [0.3, 0.4) is 0 Å². The highest BCUT2D eigenvalue weighted by atomic mass is 32.2. The highest BCUT2D eigenvalue weighted by molar-refractivity contribution is 7.98. The van der Waals surface area contributed by atoms with Crippen LogP contribution in [0, 0.1) is 0 Å². The third-order valence-corrected chi connectivity index (χ3v) is 7.00. The molecule has 1 aliphatic rings. The maximum absolute atomic E-state index is 5.88. The fourth-order valence-corrected chi connectivity index (χ4v) is 5.18. The lowest BCUT2D eigenvalue weighted by Gasteiger charge is -2.09. The lowest BCUT2D eigenvalue weighted by atomic mass is 10.2. The van der Waals surface area contributed by atoms with Crippen molar-refractivity contribution in [2.75, 3.05) is 13.9 Å². The van der Waals surface area contributed by atoms with Crippen LogP contribution in [-0.2, 0) is 18.9 Å². The van der Waals surface area contributed by atoms with Gasteiger partial charge >= 0.3 is 0 Å². The lowest BCUT2D eigenvalue weighted by molar-refractivity contribution is 0.174. The van der Waals surface area contributed by atoms with Gasteiger partial charge in [0.1, 0.15) is 23.1 Å². The zero-order chi connectivity index (χ0) is 22.6. The molecule has 0 atom stereocenters. The Morgan fingerprint density at radius 2 is 1.88 bits per heavy atom. The number of hydrogen-bond acceptors (Lipinski definition) is 9. The Morgan fingerprint density at radius 1 is 1.06 bits per heavy atom. The minimum Gasteiger partial charge on any atom is -0.497 e.